The van der Waals surface area contributed by atoms with E-state index in [1.807, 2.05) is 6.92 Å². The van der Waals surface area contributed by atoms with Crippen molar-refractivity contribution in [1.82, 2.24) is 5.32 Å². The standard InChI is InChI=1S/C10H21NO3/c1-5-6-10(4,9(13)14)11-7(2)8(3)12/h7-8,11-12H,5-6H2,1-4H3,(H,13,14). The number of carbonyl (C=O) groups is 1. The summed E-state index contributed by atoms with van der Waals surface area (Å²) in [5.74, 6) is -0.869. The van der Waals surface area contributed by atoms with E-state index < -0.39 is 17.6 Å². The Balaban J connectivity index is 4.44. The third-order valence-electron chi connectivity index (χ3n) is 2.49. The van der Waals surface area contributed by atoms with Gasteiger partial charge in [-0.2, -0.15) is 0 Å². The Bertz CT molecular complexity index is 194. The van der Waals surface area contributed by atoms with Crippen molar-refractivity contribution < 1.29 is 15.0 Å². The summed E-state index contributed by atoms with van der Waals surface area (Å²) in [6, 6.07) is -0.220. The zero-order valence-electron chi connectivity index (χ0n) is 9.37. The molecule has 0 rings (SSSR count). The zero-order chi connectivity index (χ0) is 11.4. The number of aliphatic hydroxyl groups is 1. The van der Waals surface area contributed by atoms with Crippen LogP contribution in [0.3, 0.4) is 0 Å². The Morgan fingerprint density at radius 1 is 1.50 bits per heavy atom. The summed E-state index contributed by atoms with van der Waals surface area (Å²) in [6.45, 7) is 7.01. The van der Waals surface area contributed by atoms with E-state index in [9.17, 15) is 9.90 Å². The lowest BCUT2D eigenvalue weighted by atomic mass is 9.94. The molecular formula is C10H21NO3. The van der Waals surface area contributed by atoms with E-state index in [1.54, 1.807) is 20.8 Å². The molecule has 0 amide bonds. The van der Waals surface area contributed by atoms with Crippen LogP contribution in [0.2, 0.25) is 0 Å². The number of rotatable bonds is 6. The molecule has 4 nitrogen and oxygen atoms in total. The van der Waals surface area contributed by atoms with Crippen LogP contribution in [0.25, 0.3) is 0 Å². The van der Waals surface area contributed by atoms with E-state index in [2.05, 4.69) is 5.32 Å². The Morgan fingerprint density at radius 3 is 2.29 bits per heavy atom. The monoisotopic (exact) mass is 203 g/mol. The molecule has 0 aromatic heterocycles. The van der Waals surface area contributed by atoms with Crippen LogP contribution in [-0.2, 0) is 4.79 Å². The minimum Gasteiger partial charge on any atom is -0.480 e. The van der Waals surface area contributed by atoms with Gasteiger partial charge in [0.25, 0.3) is 0 Å². The van der Waals surface area contributed by atoms with Gasteiger partial charge in [-0.05, 0) is 27.2 Å². The molecule has 0 heterocycles. The molecule has 0 saturated carbocycles. The highest BCUT2D eigenvalue weighted by molar-refractivity contribution is 5.78. The van der Waals surface area contributed by atoms with Crippen LogP contribution in [0.15, 0.2) is 0 Å². The first-order chi connectivity index (χ1) is 6.33. The fraction of sp³-hybridized carbons (Fsp3) is 0.900. The number of hydrogen-bond acceptors (Lipinski definition) is 3. The van der Waals surface area contributed by atoms with Crippen molar-refractivity contribution in [3.05, 3.63) is 0 Å². The molecule has 4 heteroatoms. The lowest BCUT2D eigenvalue weighted by Gasteiger charge is -2.31. The second-order valence-corrected chi connectivity index (χ2v) is 4.06. The first kappa shape index (κ1) is 13.4. The summed E-state index contributed by atoms with van der Waals surface area (Å²) in [5.41, 5.74) is -0.939. The lowest BCUT2D eigenvalue weighted by Crippen LogP contribution is -2.55. The van der Waals surface area contributed by atoms with Gasteiger partial charge in [0, 0.05) is 6.04 Å². The summed E-state index contributed by atoms with van der Waals surface area (Å²) < 4.78 is 0. The van der Waals surface area contributed by atoms with Crippen LogP contribution in [0.1, 0.15) is 40.5 Å². The van der Waals surface area contributed by atoms with Crippen LogP contribution in [-0.4, -0.2) is 33.9 Å². The molecule has 14 heavy (non-hydrogen) atoms. The molecule has 0 aliphatic rings. The van der Waals surface area contributed by atoms with Gasteiger partial charge in [0.1, 0.15) is 5.54 Å². The fourth-order valence-corrected chi connectivity index (χ4v) is 1.36. The maximum atomic E-state index is 11.0. The van der Waals surface area contributed by atoms with Gasteiger partial charge < -0.3 is 10.2 Å². The third-order valence-corrected chi connectivity index (χ3v) is 2.49. The van der Waals surface area contributed by atoms with E-state index in [1.165, 1.54) is 0 Å². The number of carboxylic acid groups (broad SMARTS) is 1. The Kier molecular flexibility index (Phi) is 5.08. The summed E-state index contributed by atoms with van der Waals surface area (Å²) in [4.78, 5) is 11.0. The Hall–Kier alpha value is -0.610. The van der Waals surface area contributed by atoms with Crippen molar-refractivity contribution >= 4 is 5.97 Å². The van der Waals surface area contributed by atoms with Gasteiger partial charge in [0.15, 0.2) is 0 Å². The molecule has 0 radical (unpaired) electrons. The van der Waals surface area contributed by atoms with Crippen LogP contribution in [0.4, 0.5) is 0 Å². The molecule has 0 aromatic carbocycles. The first-order valence-electron chi connectivity index (χ1n) is 5.02. The molecule has 3 atom stereocenters. The van der Waals surface area contributed by atoms with Crippen molar-refractivity contribution in [1.29, 1.82) is 0 Å². The number of carboxylic acids is 1. The van der Waals surface area contributed by atoms with Crippen LogP contribution >= 0.6 is 0 Å². The zero-order valence-corrected chi connectivity index (χ0v) is 9.37. The summed E-state index contributed by atoms with van der Waals surface area (Å²) >= 11 is 0. The van der Waals surface area contributed by atoms with E-state index in [4.69, 9.17) is 5.11 Å². The highest BCUT2D eigenvalue weighted by Gasteiger charge is 2.33. The molecule has 0 aliphatic carbocycles. The van der Waals surface area contributed by atoms with Crippen LogP contribution < -0.4 is 5.32 Å². The topological polar surface area (TPSA) is 69.6 Å². The summed E-state index contributed by atoms with van der Waals surface area (Å²) in [7, 11) is 0. The molecule has 0 aromatic rings. The Labute approximate surface area is 85.3 Å². The second-order valence-electron chi connectivity index (χ2n) is 4.06. The van der Waals surface area contributed by atoms with Gasteiger partial charge >= 0.3 is 5.97 Å². The second kappa shape index (κ2) is 5.32. The van der Waals surface area contributed by atoms with Gasteiger partial charge in [0.2, 0.25) is 0 Å². The SMILES string of the molecule is CCCC(C)(NC(C)C(C)O)C(=O)O. The summed E-state index contributed by atoms with van der Waals surface area (Å²) in [6.07, 6.45) is 0.798. The number of aliphatic carboxylic acids is 1. The lowest BCUT2D eigenvalue weighted by molar-refractivity contribution is -0.145. The molecule has 0 spiro atoms. The number of nitrogens with one attached hydrogen (secondary N) is 1. The largest absolute Gasteiger partial charge is 0.480 e. The summed E-state index contributed by atoms with van der Waals surface area (Å²) in [5, 5.41) is 21.3. The fourth-order valence-electron chi connectivity index (χ4n) is 1.36. The average molecular weight is 203 g/mol. The van der Waals surface area contributed by atoms with Gasteiger partial charge in [-0.25, -0.2) is 0 Å². The molecule has 3 unspecified atom stereocenters. The van der Waals surface area contributed by atoms with Crippen molar-refractivity contribution in [2.24, 2.45) is 0 Å². The van der Waals surface area contributed by atoms with Gasteiger partial charge in [-0.3, -0.25) is 10.1 Å². The minimum absolute atomic E-state index is 0.220. The predicted octanol–water partition coefficient (Wildman–Crippen LogP) is 0.989. The van der Waals surface area contributed by atoms with Crippen molar-refractivity contribution in [3.8, 4) is 0 Å². The van der Waals surface area contributed by atoms with Gasteiger partial charge in [0.05, 0.1) is 6.10 Å². The molecule has 0 bridgehead atoms. The number of aliphatic hydroxyl groups excluding tert-OH is 1. The molecular weight excluding hydrogens is 182 g/mol. The van der Waals surface area contributed by atoms with E-state index in [0.717, 1.165) is 6.42 Å². The molecule has 0 aliphatic heterocycles. The average Bonchev–Trinajstić information content (AvgIpc) is 2.03. The van der Waals surface area contributed by atoms with Crippen LogP contribution in [0, 0.1) is 0 Å². The van der Waals surface area contributed by atoms with Crippen molar-refractivity contribution in [3.63, 3.8) is 0 Å². The van der Waals surface area contributed by atoms with Crippen molar-refractivity contribution in [2.75, 3.05) is 0 Å². The normalized spacial score (nSPS) is 19.8. The predicted molar refractivity (Wildman–Crippen MR) is 55.2 cm³/mol. The highest BCUT2D eigenvalue weighted by Crippen LogP contribution is 2.14. The maximum absolute atomic E-state index is 11.0. The molecule has 0 fully saturated rings. The molecule has 3 N–H and O–H groups in total. The molecule has 0 saturated heterocycles. The third kappa shape index (κ3) is 3.64. The van der Waals surface area contributed by atoms with Gasteiger partial charge in [-0.15, -0.1) is 0 Å². The minimum atomic E-state index is -0.939. The van der Waals surface area contributed by atoms with E-state index in [-0.39, 0.29) is 6.04 Å². The maximum Gasteiger partial charge on any atom is 0.323 e. The van der Waals surface area contributed by atoms with E-state index >= 15 is 0 Å². The van der Waals surface area contributed by atoms with E-state index in [0.29, 0.717) is 6.42 Å². The smallest absolute Gasteiger partial charge is 0.323 e. The number of hydrogen-bond donors (Lipinski definition) is 3. The molecule has 84 valence electrons. The Morgan fingerprint density at radius 2 is 2.00 bits per heavy atom. The van der Waals surface area contributed by atoms with Gasteiger partial charge in [-0.1, -0.05) is 13.3 Å². The highest BCUT2D eigenvalue weighted by atomic mass is 16.4. The first-order valence-corrected chi connectivity index (χ1v) is 5.02. The van der Waals surface area contributed by atoms with Crippen molar-refractivity contribution in [2.45, 2.75) is 58.2 Å². The quantitative estimate of drug-likeness (QED) is 0.602. The van der Waals surface area contributed by atoms with Crippen LogP contribution in [0.5, 0.6) is 0 Å².